The van der Waals surface area contributed by atoms with Gasteiger partial charge in [-0.1, -0.05) is 0 Å². The number of benzene rings is 1. The average molecular weight is 305 g/mol. The molecule has 1 aliphatic rings. The van der Waals surface area contributed by atoms with E-state index in [1.54, 1.807) is 0 Å². The third-order valence-corrected chi connectivity index (χ3v) is 4.19. The molecular formula is C17H27N3O2. The zero-order chi connectivity index (χ0) is 16.2. The van der Waals surface area contributed by atoms with Gasteiger partial charge < -0.3 is 15.0 Å². The molecule has 1 aromatic carbocycles. The number of nitrogens with one attached hydrogen (secondary N) is 1. The summed E-state index contributed by atoms with van der Waals surface area (Å²) in [6.07, 6.45) is 0. The van der Waals surface area contributed by atoms with Crippen molar-refractivity contribution in [3.8, 4) is 0 Å². The Bertz CT molecular complexity index is 491. The van der Waals surface area contributed by atoms with Crippen molar-refractivity contribution < 1.29 is 9.53 Å². The van der Waals surface area contributed by atoms with E-state index in [9.17, 15) is 4.79 Å². The third kappa shape index (κ3) is 4.21. The smallest absolute Gasteiger partial charge is 0.251 e. The minimum atomic E-state index is -0.0665. The van der Waals surface area contributed by atoms with Crippen molar-refractivity contribution in [2.75, 3.05) is 51.8 Å². The third-order valence-electron chi connectivity index (χ3n) is 4.19. The van der Waals surface area contributed by atoms with Crippen LogP contribution in [0.3, 0.4) is 0 Å². The van der Waals surface area contributed by atoms with Crippen LogP contribution < -0.4 is 10.2 Å². The Morgan fingerprint density at radius 3 is 2.36 bits per heavy atom. The highest BCUT2D eigenvalue weighted by Gasteiger charge is 2.28. The molecular weight excluding hydrogens is 278 g/mol. The Morgan fingerprint density at radius 1 is 1.23 bits per heavy atom. The van der Waals surface area contributed by atoms with Crippen LogP contribution in [-0.4, -0.2) is 63.3 Å². The van der Waals surface area contributed by atoms with E-state index in [1.807, 2.05) is 43.3 Å². The average Bonchev–Trinajstić information content (AvgIpc) is 2.53. The quantitative estimate of drug-likeness (QED) is 0.897. The fourth-order valence-corrected chi connectivity index (χ4v) is 2.59. The van der Waals surface area contributed by atoms with Crippen LogP contribution in [-0.2, 0) is 4.74 Å². The number of hydrogen-bond acceptors (Lipinski definition) is 4. The van der Waals surface area contributed by atoms with Gasteiger partial charge in [0.05, 0.1) is 13.2 Å². The van der Waals surface area contributed by atoms with Crippen LogP contribution in [0.4, 0.5) is 5.69 Å². The number of nitrogens with zero attached hydrogens (tertiary/aromatic N) is 2. The Labute approximate surface area is 133 Å². The van der Waals surface area contributed by atoms with Crippen molar-refractivity contribution >= 4 is 11.6 Å². The Morgan fingerprint density at radius 2 is 1.82 bits per heavy atom. The number of amides is 1. The summed E-state index contributed by atoms with van der Waals surface area (Å²) in [5.74, 6) is -0.0216. The van der Waals surface area contributed by atoms with Crippen molar-refractivity contribution in [2.45, 2.75) is 19.4 Å². The van der Waals surface area contributed by atoms with Gasteiger partial charge in [-0.05, 0) is 38.1 Å². The number of ether oxygens (including phenoxy) is 1. The topological polar surface area (TPSA) is 44.8 Å². The van der Waals surface area contributed by atoms with Crippen LogP contribution >= 0.6 is 0 Å². The lowest BCUT2D eigenvalue weighted by atomic mass is 10.0. The summed E-state index contributed by atoms with van der Waals surface area (Å²) < 4.78 is 5.39. The second kappa shape index (κ2) is 7.11. The number of rotatable bonds is 5. The summed E-state index contributed by atoms with van der Waals surface area (Å²) in [7, 11) is 3.97. The lowest BCUT2D eigenvalue weighted by molar-refractivity contribution is -0.00923. The standard InChI is InChI=1S/C17H27N3O2/c1-17(2,20-9-11-22-12-10-20)13-18-16(21)14-5-7-15(8-6-14)19(3)4/h5-8H,9-13H2,1-4H3,(H,18,21). The molecule has 1 aliphatic heterocycles. The summed E-state index contributed by atoms with van der Waals surface area (Å²) in [5.41, 5.74) is 1.72. The first kappa shape index (κ1) is 16.8. The zero-order valence-electron chi connectivity index (χ0n) is 14.1. The van der Waals surface area contributed by atoms with Gasteiger partial charge in [0, 0.05) is 50.5 Å². The van der Waals surface area contributed by atoms with E-state index < -0.39 is 0 Å². The molecule has 0 bridgehead atoms. The number of carbonyl (C=O) groups is 1. The molecule has 1 aromatic rings. The molecule has 0 aliphatic carbocycles. The van der Waals surface area contributed by atoms with Crippen molar-refractivity contribution in [1.82, 2.24) is 10.2 Å². The molecule has 1 fully saturated rings. The van der Waals surface area contributed by atoms with Crippen molar-refractivity contribution in [3.05, 3.63) is 29.8 Å². The van der Waals surface area contributed by atoms with Crippen molar-refractivity contribution in [3.63, 3.8) is 0 Å². The molecule has 0 atom stereocenters. The first-order valence-corrected chi connectivity index (χ1v) is 7.78. The predicted molar refractivity (Wildman–Crippen MR) is 89.6 cm³/mol. The fraction of sp³-hybridized carbons (Fsp3) is 0.588. The van der Waals surface area contributed by atoms with Crippen LogP contribution in [0.15, 0.2) is 24.3 Å². The van der Waals surface area contributed by atoms with E-state index in [1.165, 1.54) is 0 Å². The Kier molecular flexibility index (Phi) is 5.42. The molecule has 1 amide bonds. The molecule has 1 heterocycles. The van der Waals surface area contributed by atoms with Crippen LogP contribution in [0.2, 0.25) is 0 Å². The molecule has 0 spiro atoms. The predicted octanol–water partition coefficient (Wildman–Crippen LogP) is 1.59. The first-order chi connectivity index (χ1) is 10.4. The maximum atomic E-state index is 12.3. The molecule has 1 saturated heterocycles. The molecule has 0 unspecified atom stereocenters. The maximum absolute atomic E-state index is 12.3. The fourth-order valence-electron chi connectivity index (χ4n) is 2.59. The van der Waals surface area contributed by atoms with E-state index in [0.717, 1.165) is 32.0 Å². The van der Waals surface area contributed by atoms with E-state index in [0.29, 0.717) is 12.1 Å². The minimum absolute atomic E-state index is 0.0216. The van der Waals surface area contributed by atoms with E-state index >= 15 is 0 Å². The molecule has 5 heteroatoms. The van der Waals surface area contributed by atoms with Gasteiger partial charge in [0.1, 0.15) is 0 Å². The number of hydrogen-bond donors (Lipinski definition) is 1. The highest BCUT2D eigenvalue weighted by atomic mass is 16.5. The van der Waals surface area contributed by atoms with Gasteiger partial charge >= 0.3 is 0 Å². The van der Waals surface area contributed by atoms with Gasteiger partial charge in [0.2, 0.25) is 0 Å². The lowest BCUT2D eigenvalue weighted by Gasteiger charge is -2.40. The Hall–Kier alpha value is -1.59. The number of carbonyl (C=O) groups excluding carboxylic acids is 1. The molecule has 2 rings (SSSR count). The minimum Gasteiger partial charge on any atom is -0.379 e. The van der Waals surface area contributed by atoms with Gasteiger partial charge in [0.15, 0.2) is 0 Å². The summed E-state index contributed by atoms with van der Waals surface area (Å²) in [5, 5.41) is 3.05. The molecule has 0 saturated carbocycles. The summed E-state index contributed by atoms with van der Waals surface area (Å²) >= 11 is 0. The highest BCUT2D eigenvalue weighted by Crippen LogP contribution is 2.16. The molecule has 22 heavy (non-hydrogen) atoms. The second-order valence-corrected chi connectivity index (χ2v) is 6.54. The van der Waals surface area contributed by atoms with Crippen molar-refractivity contribution in [2.24, 2.45) is 0 Å². The van der Waals surface area contributed by atoms with Crippen LogP contribution in [0.25, 0.3) is 0 Å². The van der Waals surface area contributed by atoms with E-state index in [4.69, 9.17) is 4.74 Å². The maximum Gasteiger partial charge on any atom is 0.251 e. The van der Waals surface area contributed by atoms with Crippen LogP contribution in [0, 0.1) is 0 Å². The Balaban J connectivity index is 1.91. The largest absolute Gasteiger partial charge is 0.379 e. The molecule has 0 aromatic heterocycles. The van der Waals surface area contributed by atoms with E-state index in [-0.39, 0.29) is 11.4 Å². The summed E-state index contributed by atoms with van der Waals surface area (Å²) in [6, 6.07) is 7.66. The summed E-state index contributed by atoms with van der Waals surface area (Å²) in [6.45, 7) is 8.32. The van der Waals surface area contributed by atoms with Crippen LogP contribution in [0.5, 0.6) is 0 Å². The SMILES string of the molecule is CN(C)c1ccc(C(=O)NCC(C)(C)N2CCOCC2)cc1. The molecule has 0 radical (unpaired) electrons. The molecule has 5 nitrogen and oxygen atoms in total. The zero-order valence-corrected chi connectivity index (χ0v) is 14.1. The van der Waals surface area contributed by atoms with Crippen LogP contribution in [0.1, 0.15) is 24.2 Å². The van der Waals surface area contributed by atoms with Gasteiger partial charge in [-0.2, -0.15) is 0 Å². The number of morpholine rings is 1. The monoisotopic (exact) mass is 305 g/mol. The van der Waals surface area contributed by atoms with Gasteiger partial charge in [0.25, 0.3) is 5.91 Å². The molecule has 122 valence electrons. The van der Waals surface area contributed by atoms with Crippen molar-refractivity contribution in [1.29, 1.82) is 0 Å². The first-order valence-electron chi connectivity index (χ1n) is 7.78. The lowest BCUT2D eigenvalue weighted by Crippen LogP contribution is -2.55. The summed E-state index contributed by atoms with van der Waals surface area (Å²) in [4.78, 5) is 16.7. The molecule has 1 N–H and O–H groups in total. The van der Waals surface area contributed by atoms with E-state index in [2.05, 4.69) is 24.1 Å². The normalized spacial score (nSPS) is 16.4. The second-order valence-electron chi connectivity index (χ2n) is 6.54. The van der Waals surface area contributed by atoms with Gasteiger partial charge in [-0.3, -0.25) is 9.69 Å². The van der Waals surface area contributed by atoms with Gasteiger partial charge in [-0.15, -0.1) is 0 Å². The van der Waals surface area contributed by atoms with Gasteiger partial charge in [-0.25, -0.2) is 0 Å². The number of anilines is 1. The highest BCUT2D eigenvalue weighted by molar-refractivity contribution is 5.94.